The van der Waals surface area contributed by atoms with E-state index in [1.54, 1.807) is 0 Å². The zero-order chi connectivity index (χ0) is 18.5. The molecule has 2 unspecified atom stereocenters. The van der Waals surface area contributed by atoms with Crippen molar-refractivity contribution in [2.24, 2.45) is 0 Å². The fourth-order valence-electron chi connectivity index (χ4n) is 3.43. The average Bonchev–Trinajstić information content (AvgIpc) is 3.18. The van der Waals surface area contributed by atoms with E-state index in [0.717, 1.165) is 36.5 Å². The van der Waals surface area contributed by atoms with Gasteiger partial charge in [-0.3, -0.25) is 5.43 Å². The van der Waals surface area contributed by atoms with Crippen LogP contribution in [-0.4, -0.2) is 22.6 Å². The van der Waals surface area contributed by atoms with E-state index >= 15 is 0 Å². The lowest BCUT2D eigenvalue weighted by Crippen LogP contribution is -2.37. The van der Waals surface area contributed by atoms with Crippen LogP contribution >= 0.6 is 0 Å². The Labute approximate surface area is 160 Å². The third kappa shape index (κ3) is 4.57. The first kappa shape index (κ1) is 17.8. The van der Waals surface area contributed by atoms with Crippen molar-refractivity contribution in [3.8, 4) is 11.4 Å². The van der Waals surface area contributed by atoms with Crippen LogP contribution in [0.15, 0.2) is 67.0 Å². The molecule has 0 bridgehead atoms. The summed E-state index contributed by atoms with van der Waals surface area (Å²) in [6.45, 7) is 3.74. The molecule has 1 aromatic heterocycles. The molecule has 1 fully saturated rings. The summed E-state index contributed by atoms with van der Waals surface area (Å²) in [7, 11) is 0. The second-order valence-corrected chi connectivity index (χ2v) is 7.10. The van der Waals surface area contributed by atoms with Gasteiger partial charge in [-0.2, -0.15) is 0 Å². The highest BCUT2D eigenvalue weighted by molar-refractivity contribution is 5.55. The van der Waals surface area contributed by atoms with Crippen molar-refractivity contribution in [2.75, 3.05) is 6.54 Å². The van der Waals surface area contributed by atoms with Gasteiger partial charge in [-0.15, -0.1) is 0 Å². The third-order valence-corrected chi connectivity index (χ3v) is 4.89. The van der Waals surface area contributed by atoms with Crippen LogP contribution in [-0.2, 0) is 6.54 Å². The minimum Gasteiger partial charge on any atom is -0.311 e. The van der Waals surface area contributed by atoms with E-state index < -0.39 is 0 Å². The van der Waals surface area contributed by atoms with Gasteiger partial charge >= 0.3 is 0 Å². The summed E-state index contributed by atoms with van der Waals surface area (Å²) < 4.78 is 0. The molecule has 1 saturated heterocycles. The molecule has 0 amide bonds. The van der Waals surface area contributed by atoms with Gasteiger partial charge in [-0.25, -0.2) is 15.4 Å². The number of nitrogens with one attached hydrogen (secondary N) is 3. The zero-order valence-electron chi connectivity index (χ0n) is 15.5. The van der Waals surface area contributed by atoms with Crippen molar-refractivity contribution in [1.29, 1.82) is 0 Å². The summed E-state index contributed by atoms with van der Waals surface area (Å²) in [5.41, 5.74) is 11.5. The van der Waals surface area contributed by atoms with E-state index in [2.05, 4.69) is 75.5 Å². The Morgan fingerprint density at radius 2 is 1.81 bits per heavy atom. The van der Waals surface area contributed by atoms with Crippen LogP contribution in [0.2, 0.25) is 0 Å². The van der Waals surface area contributed by atoms with Crippen molar-refractivity contribution < 1.29 is 0 Å². The Bertz CT molecular complexity index is 863. The Balaban J connectivity index is 1.26. The van der Waals surface area contributed by atoms with Crippen molar-refractivity contribution in [2.45, 2.75) is 32.0 Å². The van der Waals surface area contributed by atoms with Crippen LogP contribution in [0.3, 0.4) is 0 Å². The number of hydrogen-bond acceptors (Lipinski definition) is 5. The number of benzene rings is 2. The molecule has 0 spiro atoms. The average molecular weight is 359 g/mol. The van der Waals surface area contributed by atoms with Gasteiger partial charge in [0, 0.05) is 48.7 Å². The minimum absolute atomic E-state index is 0.370. The molecule has 2 aromatic carbocycles. The van der Waals surface area contributed by atoms with Gasteiger partial charge in [-0.1, -0.05) is 54.1 Å². The van der Waals surface area contributed by atoms with Crippen molar-refractivity contribution in [3.05, 3.63) is 83.7 Å². The maximum atomic E-state index is 4.51. The monoisotopic (exact) mass is 359 g/mol. The summed E-state index contributed by atoms with van der Waals surface area (Å²) in [5, 5.41) is 3.50. The van der Waals surface area contributed by atoms with Gasteiger partial charge in [-0.05, 0) is 25.0 Å². The zero-order valence-corrected chi connectivity index (χ0v) is 15.5. The molecule has 0 radical (unpaired) electrons. The van der Waals surface area contributed by atoms with Crippen LogP contribution < -0.4 is 16.2 Å². The van der Waals surface area contributed by atoms with Crippen molar-refractivity contribution in [3.63, 3.8) is 0 Å². The number of hydrogen-bond donors (Lipinski definition) is 3. The van der Waals surface area contributed by atoms with Gasteiger partial charge < -0.3 is 5.32 Å². The maximum Gasteiger partial charge on any atom is 0.159 e. The lowest BCUT2D eigenvalue weighted by Gasteiger charge is -2.11. The number of rotatable bonds is 6. The van der Waals surface area contributed by atoms with E-state index in [0.29, 0.717) is 12.1 Å². The number of nitrogens with zero attached hydrogens (tertiary/aromatic N) is 2. The Morgan fingerprint density at radius 1 is 1.00 bits per heavy atom. The molecule has 2 atom stereocenters. The normalized spacial score (nSPS) is 19.3. The first-order valence-corrected chi connectivity index (χ1v) is 9.42. The van der Waals surface area contributed by atoms with Crippen molar-refractivity contribution >= 4 is 0 Å². The van der Waals surface area contributed by atoms with Crippen LogP contribution in [0.5, 0.6) is 0 Å². The molecule has 5 nitrogen and oxygen atoms in total. The van der Waals surface area contributed by atoms with Crippen LogP contribution in [0, 0.1) is 6.92 Å². The Kier molecular flexibility index (Phi) is 5.53. The van der Waals surface area contributed by atoms with Crippen LogP contribution in [0.1, 0.15) is 29.2 Å². The van der Waals surface area contributed by atoms with E-state index in [1.165, 1.54) is 11.1 Å². The lowest BCUT2D eigenvalue weighted by molar-refractivity contribution is 0.504. The highest BCUT2D eigenvalue weighted by atomic mass is 15.4. The predicted octanol–water partition coefficient (Wildman–Crippen LogP) is 3.15. The van der Waals surface area contributed by atoms with Gasteiger partial charge in [0.05, 0.1) is 0 Å². The minimum atomic E-state index is 0.370. The molecular formula is C22H25N5. The smallest absolute Gasteiger partial charge is 0.159 e. The van der Waals surface area contributed by atoms with E-state index in [4.69, 9.17) is 0 Å². The SMILES string of the molecule is Cc1cccc(-c2ncc(CNCC3CC(c4ccccc4)NN3)cn2)c1. The van der Waals surface area contributed by atoms with E-state index in [1.807, 2.05) is 24.5 Å². The molecule has 2 heterocycles. The van der Waals surface area contributed by atoms with Crippen LogP contribution in [0.4, 0.5) is 0 Å². The Morgan fingerprint density at radius 3 is 2.59 bits per heavy atom. The number of aromatic nitrogens is 2. The van der Waals surface area contributed by atoms with Gasteiger partial charge in [0.2, 0.25) is 0 Å². The summed E-state index contributed by atoms with van der Waals surface area (Å²) >= 11 is 0. The molecule has 5 heteroatoms. The molecule has 3 aromatic rings. The standard InChI is InChI=1S/C22H25N5/c1-16-6-5-9-19(10-16)22-24-13-17(14-25-22)12-23-15-20-11-21(27-26-20)18-7-3-2-4-8-18/h2-10,13-14,20-21,23,26-27H,11-12,15H2,1H3. The highest BCUT2D eigenvalue weighted by Gasteiger charge is 2.24. The van der Waals surface area contributed by atoms with Gasteiger partial charge in [0.1, 0.15) is 0 Å². The van der Waals surface area contributed by atoms with E-state index in [9.17, 15) is 0 Å². The van der Waals surface area contributed by atoms with Crippen molar-refractivity contribution in [1.82, 2.24) is 26.1 Å². The van der Waals surface area contributed by atoms with Crippen LogP contribution in [0.25, 0.3) is 11.4 Å². The molecule has 1 aliphatic rings. The number of hydrazine groups is 1. The molecule has 138 valence electrons. The fraction of sp³-hybridized carbons (Fsp3) is 0.273. The second kappa shape index (κ2) is 8.39. The molecule has 27 heavy (non-hydrogen) atoms. The lowest BCUT2D eigenvalue weighted by atomic mass is 10.0. The molecule has 3 N–H and O–H groups in total. The first-order chi connectivity index (χ1) is 13.3. The molecule has 1 aliphatic heterocycles. The summed E-state index contributed by atoms with van der Waals surface area (Å²) in [6.07, 6.45) is 4.88. The van der Waals surface area contributed by atoms with Gasteiger partial charge in [0.25, 0.3) is 0 Å². The largest absolute Gasteiger partial charge is 0.311 e. The third-order valence-electron chi connectivity index (χ3n) is 4.89. The fourth-order valence-corrected chi connectivity index (χ4v) is 3.43. The first-order valence-electron chi connectivity index (χ1n) is 9.42. The molecule has 0 aliphatic carbocycles. The summed E-state index contributed by atoms with van der Waals surface area (Å²) in [5.74, 6) is 0.773. The molecule has 4 rings (SSSR count). The topological polar surface area (TPSA) is 61.9 Å². The summed E-state index contributed by atoms with van der Waals surface area (Å²) in [6, 6.07) is 19.6. The Hall–Kier alpha value is -2.60. The maximum absolute atomic E-state index is 4.51. The highest BCUT2D eigenvalue weighted by Crippen LogP contribution is 2.21. The quantitative estimate of drug-likeness (QED) is 0.631. The molecular weight excluding hydrogens is 334 g/mol. The predicted molar refractivity (Wildman–Crippen MR) is 108 cm³/mol. The van der Waals surface area contributed by atoms with E-state index in [-0.39, 0.29) is 0 Å². The number of aryl methyl sites for hydroxylation is 1. The van der Waals surface area contributed by atoms with Gasteiger partial charge in [0.15, 0.2) is 5.82 Å². The molecule has 0 saturated carbocycles. The second-order valence-electron chi connectivity index (χ2n) is 7.10. The summed E-state index contributed by atoms with van der Waals surface area (Å²) in [4.78, 5) is 9.03.